The molecule has 1 aliphatic rings. The van der Waals surface area contributed by atoms with Gasteiger partial charge in [0.05, 0.1) is 23.7 Å². The molecule has 1 saturated heterocycles. The summed E-state index contributed by atoms with van der Waals surface area (Å²) in [6, 6.07) is 1.83. The quantitative estimate of drug-likeness (QED) is 0.890. The molecule has 0 radical (unpaired) electrons. The molecule has 8 heteroatoms. The molecule has 3 heterocycles. The van der Waals surface area contributed by atoms with Crippen molar-refractivity contribution in [3.05, 3.63) is 16.6 Å². The Balaban J connectivity index is 1.86. The number of carbonyl (C=O) groups is 2. The highest BCUT2D eigenvalue weighted by Gasteiger charge is 2.30. The fourth-order valence-corrected chi connectivity index (χ4v) is 3.54. The number of carboxylic acids is 1. The number of rotatable bonds is 2. The van der Waals surface area contributed by atoms with Gasteiger partial charge in [-0.15, -0.1) is 11.3 Å². The molecule has 0 bridgehead atoms. The number of aromatic nitrogens is 2. The Hall–Kier alpha value is -1.93. The highest BCUT2D eigenvalue weighted by molar-refractivity contribution is 7.20. The molecular weight excluding hydrogens is 294 g/mol. The van der Waals surface area contributed by atoms with E-state index in [0.717, 1.165) is 15.9 Å². The lowest BCUT2D eigenvalue weighted by Crippen LogP contribution is -2.48. The minimum absolute atomic E-state index is 0.0830. The van der Waals surface area contributed by atoms with Gasteiger partial charge in [0.15, 0.2) is 6.10 Å². The first-order valence-electron chi connectivity index (χ1n) is 6.54. The number of carbonyl (C=O) groups excluding carboxylic acids is 1. The zero-order valence-corrected chi connectivity index (χ0v) is 12.5. The minimum atomic E-state index is -1.04. The number of ether oxygens (including phenoxy) is 1. The van der Waals surface area contributed by atoms with E-state index in [2.05, 4.69) is 5.10 Å². The number of morpholine rings is 1. The van der Waals surface area contributed by atoms with Gasteiger partial charge in [-0.2, -0.15) is 5.10 Å². The molecule has 112 valence electrons. The summed E-state index contributed by atoms with van der Waals surface area (Å²) in [5, 5.41) is 14.3. The maximum Gasteiger partial charge on any atom is 0.334 e. The predicted molar refractivity (Wildman–Crippen MR) is 76.6 cm³/mol. The largest absolute Gasteiger partial charge is 0.479 e. The molecule has 0 spiro atoms. The van der Waals surface area contributed by atoms with Gasteiger partial charge < -0.3 is 14.7 Å². The number of amides is 1. The van der Waals surface area contributed by atoms with Crippen molar-refractivity contribution in [1.29, 1.82) is 0 Å². The molecular formula is C13H15N3O4S. The smallest absolute Gasteiger partial charge is 0.334 e. The maximum atomic E-state index is 12.5. The summed E-state index contributed by atoms with van der Waals surface area (Å²) >= 11 is 1.38. The van der Waals surface area contributed by atoms with Crippen molar-refractivity contribution in [2.75, 3.05) is 19.7 Å². The Bertz CT molecular complexity index is 686. The van der Waals surface area contributed by atoms with Crippen LogP contribution in [0.5, 0.6) is 0 Å². The van der Waals surface area contributed by atoms with Crippen LogP contribution in [0.3, 0.4) is 0 Å². The van der Waals surface area contributed by atoms with Gasteiger partial charge in [-0.25, -0.2) is 4.79 Å². The monoisotopic (exact) mass is 309 g/mol. The first kappa shape index (κ1) is 14.0. The third-order valence-electron chi connectivity index (χ3n) is 3.54. The standard InChI is InChI=1S/C13H15N3O4S/c1-7-8-5-10(21-12(8)15(2)14-7)11(17)16-3-4-20-9(6-16)13(18)19/h5,9H,3-4,6H2,1-2H3,(H,18,19). The number of hydrogen-bond donors (Lipinski definition) is 1. The van der Waals surface area contributed by atoms with E-state index in [1.165, 1.54) is 16.2 Å². The van der Waals surface area contributed by atoms with Gasteiger partial charge in [-0.1, -0.05) is 0 Å². The zero-order chi connectivity index (χ0) is 15.1. The Morgan fingerprint density at radius 2 is 2.29 bits per heavy atom. The summed E-state index contributed by atoms with van der Waals surface area (Å²) in [5.41, 5.74) is 0.883. The van der Waals surface area contributed by atoms with Gasteiger partial charge in [0.2, 0.25) is 0 Å². The molecule has 1 N–H and O–H groups in total. The van der Waals surface area contributed by atoms with E-state index in [1.807, 2.05) is 20.0 Å². The Kier molecular flexibility index (Phi) is 3.42. The third kappa shape index (κ3) is 2.40. The first-order chi connectivity index (χ1) is 9.97. The number of aliphatic carboxylic acids is 1. The number of hydrogen-bond acceptors (Lipinski definition) is 5. The number of carboxylic acid groups (broad SMARTS) is 1. The lowest BCUT2D eigenvalue weighted by Gasteiger charge is -2.30. The Morgan fingerprint density at radius 1 is 1.52 bits per heavy atom. The third-order valence-corrected chi connectivity index (χ3v) is 4.73. The molecule has 0 saturated carbocycles. The Labute approximate surface area is 124 Å². The normalized spacial score (nSPS) is 19.1. The highest BCUT2D eigenvalue weighted by atomic mass is 32.1. The Morgan fingerprint density at radius 3 is 2.95 bits per heavy atom. The van der Waals surface area contributed by atoms with Crippen molar-refractivity contribution in [1.82, 2.24) is 14.7 Å². The molecule has 21 heavy (non-hydrogen) atoms. The topological polar surface area (TPSA) is 84.7 Å². The fourth-order valence-electron chi connectivity index (χ4n) is 2.45. The summed E-state index contributed by atoms with van der Waals surface area (Å²) in [7, 11) is 1.84. The van der Waals surface area contributed by atoms with Crippen molar-refractivity contribution in [3.8, 4) is 0 Å². The molecule has 1 amide bonds. The van der Waals surface area contributed by atoms with E-state index in [1.54, 1.807) is 4.68 Å². The van der Waals surface area contributed by atoms with Crippen LogP contribution in [0.15, 0.2) is 6.07 Å². The van der Waals surface area contributed by atoms with Gasteiger partial charge in [0, 0.05) is 19.0 Å². The van der Waals surface area contributed by atoms with Crippen LogP contribution in [-0.4, -0.2) is 57.5 Å². The minimum Gasteiger partial charge on any atom is -0.479 e. The van der Waals surface area contributed by atoms with E-state index >= 15 is 0 Å². The second-order valence-corrected chi connectivity index (χ2v) is 6.02. The molecule has 2 aromatic rings. The molecule has 1 aliphatic heterocycles. The second kappa shape index (κ2) is 5.12. The average Bonchev–Trinajstić information content (AvgIpc) is 3.01. The van der Waals surface area contributed by atoms with Crippen molar-refractivity contribution in [2.24, 2.45) is 7.05 Å². The van der Waals surface area contributed by atoms with E-state index in [9.17, 15) is 9.59 Å². The molecule has 1 fully saturated rings. The van der Waals surface area contributed by atoms with Crippen LogP contribution in [0.2, 0.25) is 0 Å². The SMILES string of the molecule is Cc1nn(C)c2sc(C(=O)N3CCOC(C(=O)O)C3)cc12. The van der Waals surface area contributed by atoms with Crippen molar-refractivity contribution < 1.29 is 19.4 Å². The highest BCUT2D eigenvalue weighted by Crippen LogP contribution is 2.28. The summed E-state index contributed by atoms with van der Waals surface area (Å²) < 4.78 is 6.89. The zero-order valence-electron chi connectivity index (χ0n) is 11.7. The van der Waals surface area contributed by atoms with Crippen molar-refractivity contribution in [3.63, 3.8) is 0 Å². The van der Waals surface area contributed by atoms with Gasteiger partial charge in [0.1, 0.15) is 4.83 Å². The molecule has 0 aliphatic carbocycles. The van der Waals surface area contributed by atoms with Crippen LogP contribution in [0.25, 0.3) is 10.2 Å². The molecule has 2 aromatic heterocycles. The molecule has 3 rings (SSSR count). The van der Waals surface area contributed by atoms with E-state index < -0.39 is 12.1 Å². The molecule has 0 aromatic carbocycles. The lowest BCUT2D eigenvalue weighted by atomic mass is 10.2. The van der Waals surface area contributed by atoms with Crippen LogP contribution < -0.4 is 0 Å². The summed E-state index contributed by atoms with van der Waals surface area (Å²) in [5.74, 6) is -1.19. The second-order valence-electron chi connectivity index (χ2n) is 4.99. The molecule has 1 atom stereocenters. The number of nitrogens with zero attached hydrogens (tertiary/aromatic N) is 3. The van der Waals surface area contributed by atoms with E-state index in [-0.39, 0.29) is 19.1 Å². The first-order valence-corrected chi connectivity index (χ1v) is 7.36. The van der Waals surface area contributed by atoms with Crippen molar-refractivity contribution >= 4 is 33.4 Å². The van der Waals surface area contributed by atoms with Crippen LogP contribution in [0, 0.1) is 6.92 Å². The molecule has 7 nitrogen and oxygen atoms in total. The number of aryl methyl sites for hydroxylation is 2. The average molecular weight is 309 g/mol. The van der Waals surface area contributed by atoms with E-state index in [4.69, 9.17) is 9.84 Å². The van der Waals surface area contributed by atoms with Gasteiger partial charge >= 0.3 is 5.97 Å². The van der Waals surface area contributed by atoms with Crippen molar-refractivity contribution in [2.45, 2.75) is 13.0 Å². The molecule has 1 unspecified atom stereocenters. The van der Waals surface area contributed by atoms with E-state index in [0.29, 0.717) is 11.4 Å². The van der Waals surface area contributed by atoms with Gasteiger partial charge in [-0.05, 0) is 13.0 Å². The summed E-state index contributed by atoms with van der Waals surface area (Å²) in [6.07, 6.45) is -0.944. The van der Waals surface area contributed by atoms with Crippen LogP contribution in [-0.2, 0) is 16.6 Å². The number of fused-ring (bicyclic) bond motifs is 1. The van der Waals surface area contributed by atoms with Gasteiger partial charge in [0.25, 0.3) is 5.91 Å². The maximum absolute atomic E-state index is 12.5. The fraction of sp³-hybridized carbons (Fsp3) is 0.462. The van der Waals surface area contributed by atoms with Crippen LogP contribution in [0.4, 0.5) is 0 Å². The number of thiophene rings is 1. The van der Waals surface area contributed by atoms with Gasteiger partial charge in [-0.3, -0.25) is 9.48 Å². The van der Waals surface area contributed by atoms with Crippen LogP contribution in [0.1, 0.15) is 15.4 Å². The summed E-state index contributed by atoms with van der Waals surface area (Å²) in [6.45, 7) is 2.64. The van der Waals surface area contributed by atoms with Crippen LogP contribution >= 0.6 is 11.3 Å². The lowest BCUT2D eigenvalue weighted by molar-refractivity contribution is -0.154. The summed E-state index contributed by atoms with van der Waals surface area (Å²) in [4.78, 5) is 26.6. The predicted octanol–water partition coefficient (Wildman–Crippen LogP) is 0.869.